The van der Waals surface area contributed by atoms with E-state index in [1.807, 2.05) is 26.0 Å². The van der Waals surface area contributed by atoms with Crippen LogP contribution >= 0.6 is 15.9 Å². The zero-order valence-electron chi connectivity index (χ0n) is 13.5. The van der Waals surface area contributed by atoms with Gasteiger partial charge in [0.15, 0.2) is 0 Å². The minimum atomic E-state index is -0.429. The molecule has 0 amide bonds. The van der Waals surface area contributed by atoms with Crippen molar-refractivity contribution in [2.45, 2.75) is 13.8 Å². The molecule has 122 valence electrons. The van der Waals surface area contributed by atoms with Gasteiger partial charge in [-0.3, -0.25) is 0 Å². The standard InChI is InChI=1S/C19H15BrO4/c1-10-7-15-17(11(2)18(10)20)14(9-16(21)24-15)12-5-4-6-13(8-12)19(22)23-3/h4-9H,1-3H3. The van der Waals surface area contributed by atoms with Gasteiger partial charge in [0.05, 0.1) is 12.7 Å². The van der Waals surface area contributed by atoms with Gasteiger partial charge in [-0.05, 0) is 48.7 Å². The van der Waals surface area contributed by atoms with Gasteiger partial charge in [-0.25, -0.2) is 9.59 Å². The Labute approximate surface area is 147 Å². The van der Waals surface area contributed by atoms with Gasteiger partial charge in [0, 0.05) is 21.5 Å². The highest BCUT2D eigenvalue weighted by atomic mass is 79.9. The molecule has 1 aromatic heterocycles. The topological polar surface area (TPSA) is 56.5 Å². The number of aryl methyl sites for hydroxylation is 2. The average Bonchev–Trinajstić information content (AvgIpc) is 2.58. The van der Waals surface area contributed by atoms with Gasteiger partial charge in [0.1, 0.15) is 5.58 Å². The molecule has 0 saturated carbocycles. The van der Waals surface area contributed by atoms with Crippen molar-refractivity contribution in [3.05, 3.63) is 68.0 Å². The molecule has 0 aliphatic rings. The fourth-order valence-electron chi connectivity index (χ4n) is 2.82. The van der Waals surface area contributed by atoms with Crippen molar-refractivity contribution in [2.75, 3.05) is 7.11 Å². The second kappa shape index (κ2) is 6.24. The highest BCUT2D eigenvalue weighted by Gasteiger charge is 2.15. The average molecular weight is 387 g/mol. The highest BCUT2D eigenvalue weighted by molar-refractivity contribution is 9.10. The van der Waals surface area contributed by atoms with E-state index >= 15 is 0 Å². The van der Waals surface area contributed by atoms with Crippen LogP contribution in [0.15, 0.2) is 50.1 Å². The molecule has 0 bridgehead atoms. The van der Waals surface area contributed by atoms with Crippen LogP contribution in [0.3, 0.4) is 0 Å². The van der Waals surface area contributed by atoms with Crippen LogP contribution in [-0.4, -0.2) is 13.1 Å². The number of carbonyl (C=O) groups excluding carboxylic acids is 1. The van der Waals surface area contributed by atoms with E-state index in [-0.39, 0.29) is 0 Å². The first-order valence-electron chi connectivity index (χ1n) is 7.34. The summed E-state index contributed by atoms with van der Waals surface area (Å²) in [6, 6.07) is 10.3. The van der Waals surface area contributed by atoms with Crippen molar-refractivity contribution in [1.29, 1.82) is 0 Å². The van der Waals surface area contributed by atoms with Crippen molar-refractivity contribution < 1.29 is 13.9 Å². The number of ether oxygens (including phenoxy) is 1. The number of rotatable bonds is 2. The van der Waals surface area contributed by atoms with Gasteiger partial charge in [-0.15, -0.1) is 0 Å². The van der Waals surface area contributed by atoms with Crippen molar-refractivity contribution >= 4 is 32.9 Å². The first-order valence-corrected chi connectivity index (χ1v) is 8.14. The predicted octanol–water partition coefficient (Wildman–Crippen LogP) is 4.63. The maximum absolute atomic E-state index is 12.0. The molecule has 0 spiro atoms. The van der Waals surface area contributed by atoms with Gasteiger partial charge >= 0.3 is 11.6 Å². The van der Waals surface area contributed by atoms with Crippen molar-refractivity contribution in [3.63, 3.8) is 0 Å². The minimum absolute atomic E-state index is 0.419. The third-order valence-electron chi connectivity index (χ3n) is 3.98. The maximum Gasteiger partial charge on any atom is 0.337 e. The van der Waals surface area contributed by atoms with Crippen LogP contribution in [0, 0.1) is 13.8 Å². The molecule has 24 heavy (non-hydrogen) atoms. The normalized spacial score (nSPS) is 10.8. The Morgan fingerprint density at radius 2 is 1.92 bits per heavy atom. The van der Waals surface area contributed by atoms with Crippen molar-refractivity contribution in [2.24, 2.45) is 0 Å². The predicted molar refractivity (Wildman–Crippen MR) is 96.4 cm³/mol. The lowest BCUT2D eigenvalue weighted by molar-refractivity contribution is 0.0601. The number of methoxy groups -OCH3 is 1. The summed E-state index contributed by atoms with van der Waals surface area (Å²) >= 11 is 3.58. The van der Waals surface area contributed by atoms with Gasteiger partial charge in [0.2, 0.25) is 0 Å². The SMILES string of the molecule is COC(=O)c1cccc(-c2cc(=O)oc3cc(C)c(Br)c(C)c23)c1. The third-order valence-corrected chi connectivity index (χ3v) is 5.20. The summed E-state index contributed by atoms with van der Waals surface area (Å²) in [6.45, 7) is 3.91. The molecule has 0 unspecified atom stereocenters. The summed E-state index contributed by atoms with van der Waals surface area (Å²) in [5.74, 6) is -0.419. The Morgan fingerprint density at radius 1 is 1.17 bits per heavy atom. The van der Waals surface area contributed by atoms with E-state index in [0.717, 1.165) is 32.1 Å². The summed E-state index contributed by atoms with van der Waals surface area (Å²) in [4.78, 5) is 23.8. The maximum atomic E-state index is 12.0. The van der Waals surface area contributed by atoms with E-state index in [0.29, 0.717) is 11.1 Å². The van der Waals surface area contributed by atoms with Crippen molar-refractivity contribution in [3.8, 4) is 11.1 Å². The van der Waals surface area contributed by atoms with Crippen LogP contribution < -0.4 is 5.63 Å². The first kappa shape index (κ1) is 16.5. The number of esters is 1. The second-order valence-electron chi connectivity index (χ2n) is 5.56. The molecule has 5 heteroatoms. The lowest BCUT2D eigenvalue weighted by Gasteiger charge is -2.12. The molecule has 3 aromatic rings. The molecule has 0 saturated heterocycles. The Bertz CT molecular complexity index is 1020. The number of hydrogen-bond acceptors (Lipinski definition) is 4. The Balaban J connectivity index is 2.36. The lowest BCUT2D eigenvalue weighted by atomic mass is 9.96. The minimum Gasteiger partial charge on any atom is -0.465 e. The van der Waals surface area contributed by atoms with E-state index in [2.05, 4.69) is 15.9 Å². The number of benzene rings is 2. The quantitative estimate of drug-likeness (QED) is 0.476. The highest BCUT2D eigenvalue weighted by Crippen LogP contribution is 2.35. The molecule has 3 rings (SSSR count). The van der Waals surface area contributed by atoms with Crippen LogP contribution in [0.2, 0.25) is 0 Å². The molecule has 0 aliphatic carbocycles. The summed E-state index contributed by atoms with van der Waals surface area (Å²) in [6.07, 6.45) is 0. The molecule has 2 aromatic carbocycles. The Morgan fingerprint density at radius 3 is 2.62 bits per heavy atom. The van der Waals surface area contributed by atoms with Crippen LogP contribution in [0.4, 0.5) is 0 Å². The number of carbonyl (C=O) groups is 1. The first-order chi connectivity index (χ1) is 11.4. The van der Waals surface area contributed by atoms with E-state index in [1.165, 1.54) is 13.2 Å². The Hall–Kier alpha value is -2.40. The van der Waals surface area contributed by atoms with E-state index < -0.39 is 11.6 Å². The van der Waals surface area contributed by atoms with Gasteiger partial charge in [-0.1, -0.05) is 28.1 Å². The van der Waals surface area contributed by atoms with E-state index in [9.17, 15) is 9.59 Å². The molecule has 0 fully saturated rings. The third kappa shape index (κ3) is 2.76. The molecule has 0 N–H and O–H groups in total. The largest absolute Gasteiger partial charge is 0.465 e. The lowest BCUT2D eigenvalue weighted by Crippen LogP contribution is -2.03. The molecule has 1 heterocycles. The van der Waals surface area contributed by atoms with Crippen LogP contribution in [-0.2, 0) is 4.74 Å². The Kier molecular flexibility index (Phi) is 4.28. The molecule has 0 aliphatic heterocycles. The number of halogens is 1. The zero-order valence-corrected chi connectivity index (χ0v) is 15.1. The van der Waals surface area contributed by atoms with Gasteiger partial charge < -0.3 is 9.15 Å². The molecule has 4 nitrogen and oxygen atoms in total. The van der Waals surface area contributed by atoms with Crippen LogP contribution in [0.25, 0.3) is 22.1 Å². The van der Waals surface area contributed by atoms with Crippen LogP contribution in [0.1, 0.15) is 21.5 Å². The fourth-order valence-corrected chi connectivity index (χ4v) is 3.14. The fraction of sp³-hybridized carbons (Fsp3) is 0.158. The number of fused-ring (bicyclic) bond motifs is 1. The summed E-state index contributed by atoms with van der Waals surface area (Å²) < 4.78 is 11.1. The number of hydrogen-bond donors (Lipinski definition) is 0. The smallest absolute Gasteiger partial charge is 0.337 e. The summed E-state index contributed by atoms with van der Waals surface area (Å²) in [7, 11) is 1.34. The monoisotopic (exact) mass is 386 g/mol. The van der Waals surface area contributed by atoms with Gasteiger partial charge in [-0.2, -0.15) is 0 Å². The van der Waals surface area contributed by atoms with Gasteiger partial charge in [0.25, 0.3) is 0 Å². The summed E-state index contributed by atoms with van der Waals surface area (Å²) in [5.41, 5.74) is 3.98. The zero-order chi connectivity index (χ0) is 17.4. The molecule has 0 atom stereocenters. The molecular formula is C19H15BrO4. The van der Waals surface area contributed by atoms with E-state index in [4.69, 9.17) is 9.15 Å². The second-order valence-corrected chi connectivity index (χ2v) is 6.35. The van der Waals surface area contributed by atoms with Crippen LogP contribution in [0.5, 0.6) is 0 Å². The molecule has 0 radical (unpaired) electrons. The van der Waals surface area contributed by atoms with E-state index in [1.54, 1.807) is 18.2 Å². The summed E-state index contributed by atoms with van der Waals surface area (Å²) in [5, 5.41) is 0.842. The molecular weight excluding hydrogens is 372 g/mol. The van der Waals surface area contributed by atoms with Crippen molar-refractivity contribution in [1.82, 2.24) is 0 Å².